The number of nitrogen functional groups attached to an aromatic ring is 1. The van der Waals surface area contributed by atoms with Crippen molar-refractivity contribution in [2.75, 3.05) is 11.1 Å². The first-order valence-electron chi connectivity index (χ1n) is 8.30. The van der Waals surface area contributed by atoms with Crippen LogP contribution in [0.5, 0.6) is 5.75 Å². The number of halogens is 1. The molecule has 5 heteroatoms. The Kier molecular flexibility index (Phi) is 3.84. The molecule has 0 unspecified atom stereocenters. The average molecular weight is 348 g/mol. The summed E-state index contributed by atoms with van der Waals surface area (Å²) in [6.45, 7) is 0. The summed E-state index contributed by atoms with van der Waals surface area (Å²) in [4.78, 5) is 12.8. The fourth-order valence-corrected chi connectivity index (χ4v) is 3.29. The van der Waals surface area contributed by atoms with Crippen molar-refractivity contribution in [2.45, 2.75) is 12.8 Å². The molecule has 0 spiro atoms. The van der Waals surface area contributed by atoms with E-state index in [-0.39, 0.29) is 17.3 Å². The monoisotopic (exact) mass is 348 g/mol. The first-order chi connectivity index (χ1) is 12.5. The van der Waals surface area contributed by atoms with Crippen LogP contribution in [0.1, 0.15) is 22.3 Å². The van der Waals surface area contributed by atoms with Gasteiger partial charge in [0, 0.05) is 23.3 Å². The van der Waals surface area contributed by atoms with Gasteiger partial charge in [-0.3, -0.25) is 4.79 Å². The molecule has 0 bridgehead atoms. The molecule has 4 N–H and O–H groups in total. The summed E-state index contributed by atoms with van der Waals surface area (Å²) in [6.07, 6.45) is 6.82. The van der Waals surface area contributed by atoms with Crippen molar-refractivity contribution < 1.29 is 14.3 Å². The Morgan fingerprint density at radius 1 is 1.12 bits per heavy atom. The highest BCUT2D eigenvalue weighted by molar-refractivity contribution is 6.13. The molecule has 0 amide bonds. The van der Waals surface area contributed by atoms with Crippen molar-refractivity contribution in [1.82, 2.24) is 0 Å². The van der Waals surface area contributed by atoms with Crippen LogP contribution in [0.3, 0.4) is 0 Å². The van der Waals surface area contributed by atoms with Gasteiger partial charge in [0.25, 0.3) is 0 Å². The zero-order valence-electron chi connectivity index (χ0n) is 13.9. The van der Waals surface area contributed by atoms with E-state index in [0.717, 1.165) is 16.8 Å². The molecule has 130 valence electrons. The van der Waals surface area contributed by atoms with Crippen LogP contribution in [0.2, 0.25) is 0 Å². The molecule has 0 atom stereocenters. The van der Waals surface area contributed by atoms with Gasteiger partial charge in [0.05, 0.1) is 11.4 Å². The first-order valence-corrected chi connectivity index (χ1v) is 8.30. The van der Waals surface area contributed by atoms with Crippen LogP contribution in [0.15, 0.2) is 71.5 Å². The van der Waals surface area contributed by atoms with E-state index < -0.39 is 0 Å². The number of Topliss-reactive ketones (excluding diaryl/α,β-unsaturated/α-hetero) is 1. The van der Waals surface area contributed by atoms with Crippen molar-refractivity contribution in [3.8, 4) is 5.75 Å². The number of nitrogens with one attached hydrogen (secondary N) is 1. The van der Waals surface area contributed by atoms with Gasteiger partial charge in [0.15, 0.2) is 5.78 Å². The molecule has 0 saturated heterocycles. The molecule has 4 rings (SSSR count). The summed E-state index contributed by atoms with van der Waals surface area (Å²) in [6, 6.07) is 9.10. The van der Waals surface area contributed by atoms with Crippen molar-refractivity contribution in [2.24, 2.45) is 0 Å². The van der Waals surface area contributed by atoms with Crippen LogP contribution in [-0.2, 0) is 6.42 Å². The van der Waals surface area contributed by atoms with E-state index in [1.807, 2.05) is 12.2 Å². The van der Waals surface area contributed by atoms with Crippen LogP contribution < -0.4 is 11.1 Å². The Hall–Kier alpha value is -3.34. The topological polar surface area (TPSA) is 75.3 Å². The molecule has 0 saturated carbocycles. The van der Waals surface area contributed by atoms with E-state index >= 15 is 0 Å². The molecule has 2 aliphatic rings. The summed E-state index contributed by atoms with van der Waals surface area (Å²) in [5.74, 6) is -0.385. The molecule has 26 heavy (non-hydrogen) atoms. The number of aromatic hydroxyl groups is 1. The van der Waals surface area contributed by atoms with E-state index in [2.05, 4.69) is 5.32 Å². The Bertz CT molecular complexity index is 1020. The molecule has 0 fully saturated rings. The average Bonchev–Trinajstić information content (AvgIpc) is 2.75. The Morgan fingerprint density at radius 2 is 1.96 bits per heavy atom. The SMILES string of the molecule is Nc1cc(F)ccc1NC1=CC=C2C(=O)c3cc(O)ccc3CC=C2C1. The predicted octanol–water partition coefficient (Wildman–Crippen LogP) is 4.10. The maximum atomic E-state index is 13.2. The third-order valence-corrected chi connectivity index (χ3v) is 4.64. The minimum atomic E-state index is -0.383. The Labute approximate surface area is 150 Å². The normalized spacial score (nSPS) is 15.9. The number of hydrogen-bond donors (Lipinski definition) is 3. The number of benzene rings is 2. The van der Waals surface area contributed by atoms with E-state index in [4.69, 9.17) is 5.73 Å². The summed E-state index contributed by atoms with van der Waals surface area (Å²) in [5, 5.41) is 12.9. The van der Waals surface area contributed by atoms with Gasteiger partial charge >= 0.3 is 0 Å². The minimum absolute atomic E-state index is 0.0849. The zero-order valence-corrected chi connectivity index (χ0v) is 13.9. The number of ketones is 1. The van der Waals surface area contributed by atoms with Crippen molar-refractivity contribution in [1.29, 1.82) is 0 Å². The van der Waals surface area contributed by atoms with Gasteiger partial charge in [0.1, 0.15) is 11.6 Å². The number of hydrogen-bond acceptors (Lipinski definition) is 4. The number of carbonyl (C=O) groups excluding carboxylic acids is 1. The second kappa shape index (κ2) is 6.19. The molecule has 4 nitrogen and oxygen atoms in total. The first kappa shape index (κ1) is 16.1. The molecular weight excluding hydrogens is 331 g/mol. The van der Waals surface area contributed by atoms with Gasteiger partial charge in [-0.25, -0.2) is 4.39 Å². The predicted molar refractivity (Wildman–Crippen MR) is 99.4 cm³/mol. The standard InChI is InChI=1S/C21H17FN2O2/c22-14-4-8-20(19(23)10-14)24-15-5-7-17-13(9-15)2-1-12-3-6-16(25)11-18(12)21(17)26/h2-8,10-11,24-25H,1,9,23H2. The lowest BCUT2D eigenvalue weighted by molar-refractivity contribution is 0.103. The largest absolute Gasteiger partial charge is 0.508 e. The van der Waals surface area contributed by atoms with Gasteiger partial charge in [-0.05, 0) is 60.0 Å². The highest BCUT2D eigenvalue weighted by Gasteiger charge is 2.25. The van der Waals surface area contributed by atoms with Crippen LogP contribution in [0.4, 0.5) is 15.8 Å². The molecule has 2 aromatic rings. The quantitative estimate of drug-likeness (QED) is 0.714. The summed E-state index contributed by atoms with van der Waals surface area (Å²) < 4.78 is 13.2. The van der Waals surface area contributed by atoms with Gasteiger partial charge in [-0.1, -0.05) is 12.1 Å². The maximum Gasteiger partial charge on any atom is 0.193 e. The molecular formula is C21H17FN2O2. The summed E-state index contributed by atoms with van der Waals surface area (Å²) in [7, 11) is 0. The van der Waals surface area contributed by atoms with E-state index in [9.17, 15) is 14.3 Å². The van der Waals surface area contributed by atoms with E-state index in [1.165, 1.54) is 18.2 Å². The summed E-state index contributed by atoms with van der Waals surface area (Å²) in [5.41, 5.74) is 10.7. The lowest BCUT2D eigenvalue weighted by Crippen LogP contribution is -2.12. The Morgan fingerprint density at radius 3 is 2.77 bits per heavy atom. The van der Waals surface area contributed by atoms with Gasteiger partial charge in [-0.15, -0.1) is 0 Å². The molecule has 0 radical (unpaired) electrons. The van der Waals surface area contributed by atoms with Crippen LogP contribution in [-0.4, -0.2) is 10.9 Å². The highest BCUT2D eigenvalue weighted by Crippen LogP contribution is 2.34. The number of carbonyl (C=O) groups is 1. The molecule has 2 aromatic carbocycles. The third-order valence-electron chi connectivity index (χ3n) is 4.64. The summed E-state index contributed by atoms with van der Waals surface area (Å²) >= 11 is 0. The van der Waals surface area contributed by atoms with E-state index in [0.29, 0.717) is 35.4 Å². The number of allylic oxidation sites excluding steroid dienone is 5. The number of phenols is 1. The van der Waals surface area contributed by atoms with E-state index in [1.54, 1.807) is 24.3 Å². The van der Waals surface area contributed by atoms with Gasteiger partial charge < -0.3 is 16.2 Å². The fraction of sp³-hybridized carbons (Fsp3) is 0.0952. The number of phenolic OH excluding ortho intramolecular Hbond substituents is 1. The van der Waals surface area contributed by atoms with Crippen LogP contribution in [0.25, 0.3) is 0 Å². The van der Waals surface area contributed by atoms with Gasteiger partial charge in [-0.2, -0.15) is 0 Å². The minimum Gasteiger partial charge on any atom is -0.508 e. The smallest absolute Gasteiger partial charge is 0.193 e. The van der Waals surface area contributed by atoms with Crippen molar-refractivity contribution >= 4 is 17.2 Å². The number of rotatable bonds is 2. The Balaban J connectivity index is 1.65. The molecule has 0 heterocycles. The fourth-order valence-electron chi connectivity index (χ4n) is 3.29. The molecule has 0 aromatic heterocycles. The van der Waals surface area contributed by atoms with Crippen LogP contribution >= 0.6 is 0 Å². The lowest BCUT2D eigenvalue weighted by atomic mass is 9.91. The second-order valence-corrected chi connectivity index (χ2v) is 6.41. The van der Waals surface area contributed by atoms with Crippen molar-refractivity contribution in [3.05, 3.63) is 88.4 Å². The van der Waals surface area contributed by atoms with Crippen LogP contribution in [0, 0.1) is 5.82 Å². The molecule has 2 aliphatic carbocycles. The maximum absolute atomic E-state index is 13.2. The second-order valence-electron chi connectivity index (χ2n) is 6.41. The highest BCUT2D eigenvalue weighted by atomic mass is 19.1. The number of nitrogens with two attached hydrogens (primary N) is 1. The van der Waals surface area contributed by atoms with Gasteiger partial charge in [0.2, 0.25) is 0 Å². The van der Waals surface area contributed by atoms with Crippen molar-refractivity contribution in [3.63, 3.8) is 0 Å². The number of anilines is 2. The third kappa shape index (κ3) is 2.88. The molecule has 0 aliphatic heterocycles. The zero-order chi connectivity index (χ0) is 18.3. The number of fused-ring (bicyclic) bond motifs is 2. The lowest BCUT2D eigenvalue weighted by Gasteiger charge is -2.19.